The van der Waals surface area contributed by atoms with Crippen molar-refractivity contribution in [1.29, 1.82) is 0 Å². The van der Waals surface area contributed by atoms with Crippen LogP contribution in [0.3, 0.4) is 0 Å². The van der Waals surface area contributed by atoms with Crippen LogP contribution in [-0.4, -0.2) is 22.0 Å². The van der Waals surface area contributed by atoms with E-state index in [9.17, 15) is 14.3 Å². The van der Waals surface area contributed by atoms with Gasteiger partial charge in [0.2, 0.25) is 5.89 Å². The normalized spacial score (nSPS) is 11.5. The molecule has 27 heavy (non-hydrogen) atoms. The fourth-order valence-corrected chi connectivity index (χ4v) is 3.26. The Hall–Kier alpha value is -1.91. The summed E-state index contributed by atoms with van der Waals surface area (Å²) in [4.78, 5) is 20.2. The maximum atomic E-state index is 13.1. The molecule has 0 saturated carbocycles. The monoisotopic (exact) mass is 418 g/mol. The van der Waals surface area contributed by atoms with Gasteiger partial charge in [0.15, 0.2) is 17.8 Å². The molecule has 136 valence electrons. The SMILES string of the molecule is NC(N)=NC(C(=O)O)c1nc(-c2ccc(F)cc2)oc1-c1ccc(Cl)s1.[H-].[Na+]. The first-order valence-corrected chi connectivity index (χ1v) is 8.38. The fourth-order valence-electron chi connectivity index (χ4n) is 2.23. The summed E-state index contributed by atoms with van der Waals surface area (Å²) in [6, 6.07) is 7.26. The Labute approximate surface area is 185 Å². The van der Waals surface area contributed by atoms with Crippen LogP contribution in [0.25, 0.3) is 22.1 Å². The van der Waals surface area contributed by atoms with Crippen LogP contribution in [0.15, 0.2) is 45.8 Å². The molecule has 5 N–H and O–H groups in total. The molecule has 0 fully saturated rings. The predicted molar refractivity (Wildman–Crippen MR) is 97.5 cm³/mol. The number of thiophene rings is 1. The number of nitrogens with zero attached hydrogens (tertiary/aromatic N) is 2. The van der Waals surface area contributed by atoms with Crippen molar-refractivity contribution in [3.8, 4) is 22.1 Å². The van der Waals surface area contributed by atoms with Crippen molar-refractivity contribution in [2.45, 2.75) is 6.04 Å². The second-order valence-electron chi connectivity index (χ2n) is 5.14. The number of benzene rings is 1. The number of carbonyl (C=O) groups is 1. The molecule has 7 nitrogen and oxygen atoms in total. The Morgan fingerprint density at radius 3 is 2.48 bits per heavy atom. The number of aliphatic carboxylic acids is 1. The van der Waals surface area contributed by atoms with Crippen LogP contribution < -0.4 is 41.0 Å². The van der Waals surface area contributed by atoms with Crippen molar-refractivity contribution in [3.63, 3.8) is 0 Å². The number of rotatable bonds is 5. The molecule has 0 aliphatic carbocycles. The number of aromatic nitrogens is 1. The van der Waals surface area contributed by atoms with E-state index < -0.39 is 23.8 Å². The molecule has 0 saturated heterocycles. The second kappa shape index (κ2) is 8.85. The molecule has 0 bridgehead atoms. The number of carboxylic acids is 1. The van der Waals surface area contributed by atoms with Crippen molar-refractivity contribution in [1.82, 2.24) is 4.98 Å². The first-order valence-electron chi connectivity index (χ1n) is 7.19. The van der Waals surface area contributed by atoms with Gasteiger partial charge in [-0.25, -0.2) is 19.2 Å². The van der Waals surface area contributed by atoms with Crippen LogP contribution >= 0.6 is 22.9 Å². The minimum Gasteiger partial charge on any atom is -1.00 e. The van der Waals surface area contributed by atoms with Gasteiger partial charge in [-0.15, -0.1) is 11.3 Å². The fraction of sp³-hybridized carbons (Fsp3) is 0.0625. The van der Waals surface area contributed by atoms with Gasteiger partial charge in [0, 0.05) is 5.56 Å². The van der Waals surface area contributed by atoms with E-state index in [1.807, 2.05) is 0 Å². The molecule has 1 aromatic carbocycles. The van der Waals surface area contributed by atoms with Gasteiger partial charge in [0.25, 0.3) is 0 Å². The molecule has 3 aromatic rings. The van der Waals surface area contributed by atoms with E-state index in [2.05, 4.69) is 9.98 Å². The summed E-state index contributed by atoms with van der Waals surface area (Å²) in [6.07, 6.45) is 0. The van der Waals surface area contributed by atoms with Gasteiger partial charge in [-0.1, -0.05) is 11.6 Å². The van der Waals surface area contributed by atoms with Crippen LogP contribution in [0.5, 0.6) is 0 Å². The van der Waals surface area contributed by atoms with E-state index in [4.69, 9.17) is 27.5 Å². The molecule has 11 heteroatoms. The van der Waals surface area contributed by atoms with Gasteiger partial charge >= 0.3 is 35.5 Å². The molecule has 0 spiro atoms. The van der Waals surface area contributed by atoms with Crippen molar-refractivity contribution >= 4 is 34.9 Å². The zero-order valence-corrected chi connectivity index (χ0v) is 17.6. The van der Waals surface area contributed by atoms with Crippen LogP contribution in [-0.2, 0) is 4.79 Å². The number of halogens is 2. The number of hydrogen-bond donors (Lipinski definition) is 3. The zero-order valence-electron chi connectivity index (χ0n) is 15.0. The standard InChI is InChI=1S/C16H12ClFN4O3S.Na.H/c17-10-6-5-9(26-10)13-11(12(15(23)24)22-16(19)20)21-14(25-13)7-1-3-8(18)4-2-7;;/h1-6,12H,(H,23,24)(H4,19,20,22);;/q;+1;-1. The molecule has 0 aliphatic rings. The maximum absolute atomic E-state index is 13.1. The summed E-state index contributed by atoms with van der Waals surface area (Å²) >= 11 is 7.14. The van der Waals surface area contributed by atoms with Gasteiger partial charge in [0.1, 0.15) is 11.5 Å². The van der Waals surface area contributed by atoms with Gasteiger partial charge in [0.05, 0.1) is 9.21 Å². The Kier molecular flexibility index (Phi) is 7.01. The third-order valence-electron chi connectivity index (χ3n) is 3.31. The van der Waals surface area contributed by atoms with Gasteiger partial charge in [-0.2, -0.15) is 0 Å². The van der Waals surface area contributed by atoms with E-state index in [1.54, 1.807) is 12.1 Å². The number of nitrogens with two attached hydrogens (primary N) is 2. The second-order valence-corrected chi connectivity index (χ2v) is 6.85. The number of oxazole rings is 1. The molecule has 3 rings (SSSR count). The van der Waals surface area contributed by atoms with E-state index in [1.165, 1.54) is 35.6 Å². The van der Waals surface area contributed by atoms with Gasteiger partial charge in [-0.05, 0) is 36.4 Å². The summed E-state index contributed by atoms with van der Waals surface area (Å²) in [5.74, 6) is -1.84. The average molecular weight is 419 g/mol. The summed E-state index contributed by atoms with van der Waals surface area (Å²) < 4.78 is 19.4. The molecule has 2 aromatic heterocycles. The van der Waals surface area contributed by atoms with Crippen LogP contribution in [0.1, 0.15) is 13.2 Å². The van der Waals surface area contributed by atoms with Gasteiger partial charge in [-0.3, -0.25) is 0 Å². The van der Waals surface area contributed by atoms with E-state index in [-0.39, 0.29) is 48.3 Å². The van der Waals surface area contributed by atoms with Crippen LogP contribution in [0.2, 0.25) is 4.34 Å². The maximum Gasteiger partial charge on any atom is 1.00 e. The average Bonchev–Trinajstić information content (AvgIpc) is 3.19. The van der Waals surface area contributed by atoms with Crippen molar-refractivity contribution in [2.75, 3.05) is 0 Å². The number of hydrogen-bond acceptors (Lipinski definition) is 5. The minimum absolute atomic E-state index is 0. The molecule has 0 aliphatic heterocycles. The van der Waals surface area contributed by atoms with Crippen molar-refractivity contribution < 1.29 is 49.7 Å². The summed E-state index contributed by atoms with van der Waals surface area (Å²) in [7, 11) is 0. The largest absolute Gasteiger partial charge is 1.00 e. The number of guanidine groups is 1. The summed E-state index contributed by atoms with van der Waals surface area (Å²) in [6.45, 7) is 0. The van der Waals surface area contributed by atoms with E-state index in [0.717, 1.165) is 0 Å². The molecular weight excluding hydrogens is 406 g/mol. The molecular formula is C16H13ClFN4NaO3S. The quantitative estimate of drug-likeness (QED) is 0.312. The predicted octanol–water partition coefficient (Wildman–Crippen LogP) is 0.378. The summed E-state index contributed by atoms with van der Waals surface area (Å²) in [5.41, 5.74) is 11.2. The Morgan fingerprint density at radius 1 is 1.30 bits per heavy atom. The number of carboxylic acid groups (broad SMARTS) is 1. The van der Waals surface area contributed by atoms with Crippen molar-refractivity contribution in [3.05, 3.63) is 52.2 Å². The smallest absolute Gasteiger partial charge is 1.00 e. The summed E-state index contributed by atoms with van der Waals surface area (Å²) in [5, 5.41) is 9.50. The Morgan fingerprint density at radius 2 is 1.96 bits per heavy atom. The third kappa shape index (κ3) is 4.88. The first-order chi connectivity index (χ1) is 12.3. The van der Waals surface area contributed by atoms with Gasteiger partial charge < -0.3 is 22.4 Å². The van der Waals surface area contributed by atoms with Crippen molar-refractivity contribution in [2.24, 2.45) is 16.5 Å². The minimum atomic E-state index is -1.46. The molecule has 0 radical (unpaired) electrons. The Bertz CT molecular complexity index is 992. The van der Waals surface area contributed by atoms with Crippen LogP contribution in [0.4, 0.5) is 4.39 Å². The zero-order chi connectivity index (χ0) is 18.8. The third-order valence-corrected chi connectivity index (χ3v) is 4.54. The molecule has 0 amide bonds. The van der Waals surface area contributed by atoms with Crippen LogP contribution in [0, 0.1) is 5.82 Å². The molecule has 1 unspecified atom stereocenters. The Balaban J connectivity index is 0.00000196. The van der Waals surface area contributed by atoms with E-state index in [0.29, 0.717) is 14.8 Å². The first kappa shape index (κ1) is 21.4. The molecule has 1 atom stereocenters. The van der Waals surface area contributed by atoms with E-state index >= 15 is 0 Å². The molecule has 2 heterocycles. The topological polar surface area (TPSA) is 128 Å². The number of aliphatic imine (C=N–C) groups is 1.